The first-order chi connectivity index (χ1) is 12.3. The van der Waals surface area contributed by atoms with Gasteiger partial charge in [-0.25, -0.2) is 4.68 Å². The van der Waals surface area contributed by atoms with E-state index in [1.807, 2.05) is 16.8 Å². The van der Waals surface area contributed by atoms with Gasteiger partial charge < -0.3 is 0 Å². The summed E-state index contributed by atoms with van der Waals surface area (Å²) in [6.45, 7) is 0. The van der Waals surface area contributed by atoms with Gasteiger partial charge in [0.1, 0.15) is 0 Å². The van der Waals surface area contributed by atoms with E-state index in [2.05, 4.69) is 45.9 Å². The molecule has 0 saturated heterocycles. The van der Waals surface area contributed by atoms with Crippen molar-refractivity contribution in [1.29, 1.82) is 0 Å². The van der Waals surface area contributed by atoms with E-state index in [9.17, 15) is 4.79 Å². The van der Waals surface area contributed by atoms with Crippen LogP contribution in [0.4, 0.5) is 0 Å². The quantitative estimate of drug-likeness (QED) is 0.408. The zero-order valence-electron chi connectivity index (χ0n) is 13.6. The second kappa shape index (κ2) is 5.81. The number of aromatic nitrogens is 4. The van der Waals surface area contributed by atoms with Crippen LogP contribution < -0.4 is 0 Å². The van der Waals surface area contributed by atoms with E-state index in [1.165, 1.54) is 34.0 Å². The van der Waals surface area contributed by atoms with Crippen LogP contribution in [0.3, 0.4) is 0 Å². The van der Waals surface area contributed by atoms with E-state index in [4.69, 9.17) is 0 Å². The second-order valence-electron chi connectivity index (χ2n) is 6.55. The van der Waals surface area contributed by atoms with E-state index in [0.29, 0.717) is 11.8 Å². The average Bonchev–Trinajstić information content (AvgIpc) is 3.26. The molecule has 1 fully saturated rings. The maximum atomic E-state index is 12.6. The van der Waals surface area contributed by atoms with E-state index in [1.54, 1.807) is 0 Å². The fraction of sp³-hybridized carbons (Fsp3) is 0.263. The number of ketones is 1. The number of Topliss-reactive ketones (excluding diaryl/α,β-unsaturated/α-hetero) is 1. The fourth-order valence-corrected chi connectivity index (χ4v) is 4.18. The Morgan fingerprint density at radius 2 is 1.96 bits per heavy atom. The van der Waals surface area contributed by atoms with Gasteiger partial charge in [-0.15, -0.1) is 5.10 Å². The Morgan fingerprint density at radius 1 is 1.12 bits per heavy atom. The monoisotopic (exact) mass is 348 g/mol. The van der Waals surface area contributed by atoms with Crippen LogP contribution in [0.2, 0.25) is 0 Å². The Hall–Kier alpha value is -2.47. The molecule has 124 valence electrons. The van der Waals surface area contributed by atoms with Crippen LogP contribution in [0.15, 0.2) is 47.6 Å². The summed E-state index contributed by atoms with van der Waals surface area (Å²) in [4.78, 5) is 12.6. The number of hydrogen-bond donors (Lipinski definition) is 0. The molecule has 25 heavy (non-hydrogen) atoms. The van der Waals surface area contributed by atoms with E-state index in [0.717, 1.165) is 30.0 Å². The lowest BCUT2D eigenvalue weighted by Crippen LogP contribution is -2.05. The lowest BCUT2D eigenvalue weighted by molar-refractivity contribution is 0.102. The average molecular weight is 348 g/mol. The maximum Gasteiger partial charge on any atom is 0.210 e. The minimum absolute atomic E-state index is 0.113. The van der Waals surface area contributed by atoms with Crippen molar-refractivity contribution in [3.8, 4) is 11.1 Å². The van der Waals surface area contributed by atoms with Crippen molar-refractivity contribution >= 4 is 17.5 Å². The number of hydrogen-bond acceptors (Lipinski definition) is 5. The van der Waals surface area contributed by atoms with Crippen LogP contribution in [0.5, 0.6) is 0 Å². The number of nitrogens with zero attached hydrogens (tertiary/aromatic N) is 4. The Bertz CT molecular complexity index is 977. The van der Waals surface area contributed by atoms with Gasteiger partial charge in [-0.2, -0.15) is 0 Å². The third-order valence-electron chi connectivity index (χ3n) is 4.81. The van der Waals surface area contributed by atoms with Gasteiger partial charge in [0.05, 0.1) is 11.8 Å². The molecule has 2 aliphatic carbocycles. The van der Waals surface area contributed by atoms with Gasteiger partial charge >= 0.3 is 0 Å². The SMILES string of the molecule is O=C(CSc1nnnn1C1CC1)c1ccc2c(c1)-c1ccccc1C2. The topological polar surface area (TPSA) is 60.7 Å². The largest absolute Gasteiger partial charge is 0.293 e. The summed E-state index contributed by atoms with van der Waals surface area (Å²) in [5.41, 5.74) is 5.82. The van der Waals surface area contributed by atoms with Gasteiger partial charge in [0.25, 0.3) is 0 Å². The van der Waals surface area contributed by atoms with Crippen LogP contribution in [0, 0.1) is 0 Å². The molecule has 0 unspecified atom stereocenters. The molecule has 3 aromatic rings. The van der Waals surface area contributed by atoms with Crippen molar-refractivity contribution in [3.05, 3.63) is 59.2 Å². The Morgan fingerprint density at radius 3 is 2.84 bits per heavy atom. The third kappa shape index (κ3) is 2.66. The van der Waals surface area contributed by atoms with Gasteiger partial charge in [-0.1, -0.05) is 48.2 Å². The number of carbonyl (C=O) groups is 1. The lowest BCUT2D eigenvalue weighted by atomic mass is 10.0. The van der Waals surface area contributed by atoms with Gasteiger partial charge in [0.15, 0.2) is 5.78 Å². The number of tetrazole rings is 1. The van der Waals surface area contributed by atoms with Crippen LogP contribution >= 0.6 is 11.8 Å². The molecule has 6 heteroatoms. The fourth-order valence-electron chi connectivity index (χ4n) is 3.34. The Kier molecular flexibility index (Phi) is 3.45. The van der Waals surface area contributed by atoms with Gasteiger partial charge in [-0.05, 0) is 58.0 Å². The van der Waals surface area contributed by atoms with E-state index >= 15 is 0 Å². The number of rotatable bonds is 5. The predicted molar refractivity (Wildman–Crippen MR) is 95.8 cm³/mol. The highest BCUT2D eigenvalue weighted by Crippen LogP contribution is 2.38. The van der Waals surface area contributed by atoms with Gasteiger partial charge in [-0.3, -0.25) is 4.79 Å². The highest BCUT2D eigenvalue weighted by Gasteiger charge is 2.28. The number of benzene rings is 2. The van der Waals surface area contributed by atoms with Crippen molar-refractivity contribution in [3.63, 3.8) is 0 Å². The zero-order valence-corrected chi connectivity index (χ0v) is 14.4. The van der Waals surface area contributed by atoms with Crippen LogP contribution in [0.25, 0.3) is 11.1 Å². The Balaban J connectivity index is 1.36. The zero-order chi connectivity index (χ0) is 16.8. The summed E-state index contributed by atoms with van der Waals surface area (Å²) in [7, 11) is 0. The second-order valence-corrected chi connectivity index (χ2v) is 7.50. The molecule has 0 aliphatic heterocycles. The molecular weight excluding hydrogens is 332 g/mol. The molecule has 1 heterocycles. The standard InChI is InChI=1S/C19H16N4OS/c24-18(11-25-19-20-21-22-23(19)15-7-8-15)14-6-5-13-9-12-3-1-2-4-16(12)17(13)10-14/h1-6,10,15H,7-9,11H2. The number of carbonyl (C=O) groups excluding carboxylic acids is 1. The van der Waals surface area contributed by atoms with Gasteiger partial charge in [0, 0.05) is 5.56 Å². The van der Waals surface area contributed by atoms with Gasteiger partial charge in [0.2, 0.25) is 5.16 Å². The molecule has 0 N–H and O–H groups in total. The summed E-state index contributed by atoms with van der Waals surface area (Å²) < 4.78 is 1.84. The highest BCUT2D eigenvalue weighted by molar-refractivity contribution is 7.99. The first-order valence-electron chi connectivity index (χ1n) is 8.44. The van der Waals surface area contributed by atoms with Crippen molar-refractivity contribution in [2.24, 2.45) is 0 Å². The summed E-state index contributed by atoms with van der Waals surface area (Å²) >= 11 is 1.42. The normalized spacial score (nSPS) is 15.0. The summed E-state index contributed by atoms with van der Waals surface area (Å²) in [5.74, 6) is 0.468. The van der Waals surface area contributed by atoms with Crippen LogP contribution in [0.1, 0.15) is 40.4 Å². The van der Waals surface area contributed by atoms with Crippen molar-refractivity contribution in [2.75, 3.05) is 5.75 Å². The Labute approximate surface area is 149 Å². The van der Waals surface area contributed by atoms with E-state index < -0.39 is 0 Å². The minimum atomic E-state index is 0.113. The van der Waals surface area contributed by atoms with E-state index in [-0.39, 0.29) is 5.78 Å². The number of fused-ring (bicyclic) bond motifs is 3. The molecule has 1 aromatic heterocycles. The molecule has 1 saturated carbocycles. The molecule has 2 aromatic carbocycles. The smallest absolute Gasteiger partial charge is 0.210 e. The van der Waals surface area contributed by atoms with Crippen LogP contribution in [-0.4, -0.2) is 31.7 Å². The molecule has 5 nitrogen and oxygen atoms in total. The molecule has 5 rings (SSSR count). The molecular formula is C19H16N4OS. The molecule has 0 spiro atoms. The number of thioether (sulfide) groups is 1. The third-order valence-corrected chi connectivity index (χ3v) is 5.74. The predicted octanol–water partition coefficient (Wildman–Crippen LogP) is 3.55. The van der Waals surface area contributed by atoms with Crippen molar-refractivity contribution in [1.82, 2.24) is 20.2 Å². The summed E-state index contributed by atoms with van der Waals surface area (Å²) in [6, 6.07) is 14.9. The molecule has 0 radical (unpaired) electrons. The lowest BCUT2D eigenvalue weighted by Gasteiger charge is -2.05. The summed E-state index contributed by atoms with van der Waals surface area (Å²) in [6.07, 6.45) is 3.19. The first-order valence-corrected chi connectivity index (χ1v) is 9.43. The molecule has 0 atom stereocenters. The maximum absolute atomic E-state index is 12.6. The van der Waals surface area contributed by atoms with Crippen molar-refractivity contribution in [2.45, 2.75) is 30.5 Å². The molecule has 0 amide bonds. The minimum Gasteiger partial charge on any atom is -0.293 e. The van der Waals surface area contributed by atoms with Crippen molar-refractivity contribution < 1.29 is 4.79 Å². The highest BCUT2D eigenvalue weighted by atomic mass is 32.2. The molecule has 2 aliphatic rings. The summed E-state index contributed by atoms with van der Waals surface area (Å²) in [5, 5.41) is 12.5. The first kappa shape index (κ1) is 14.8. The molecule has 0 bridgehead atoms. The van der Waals surface area contributed by atoms with Crippen LogP contribution in [-0.2, 0) is 6.42 Å².